The number of urea groups is 1. The summed E-state index contributed by atoms with van der Waals surface area (Å²) in [5, 5.41) is 13.4. The second-order valence-electron chi connectivity index (χ2n) is 6.67. The molecule has 0 bridgehead atoms. The number of benzene rings is 3. The number of nitriles is 1. The molecule has 0 spiro atoms. The Hall–Kier alpha value is -3.83. The van der Waals surface area contributed by atoms with Crippen LogP contribution >= 0.6 is 15.9 Å². The van der Waals surface area contributed by atoms with E-state index in [1.54, 1.807) is 18.2 Å². The normalized spacial score (nSPS) is 11.0. The molecular formula is C24H20BrN3O4. The van der Waals surface area contributed by atoms with Crippen LogP contribution in [0.5, 0.6) is 11.5 Å². The first-order valence-electron chi connectivity index (χ1n) is 9.71. The lowest BCUT2D eigenvalue weighted by molar-refractivity contribution is -0.115. The van der Waals surface area contributed by atoms with Crippen molar-refractivity contribution in [2.75, 3.05) is 6.61 Å². The molecule has 8 heteroatoms. The molecule has 0 saturated carbocycles. The Morgan fingerprint density at radius 2 is 1.84 bits per heavy atom. The summed E-state index contributed by atoms with van der Waals surface area (Å²) in [5.41, 5.74) is 6.20. The molecule has 3 rings (SSSR count). The third kappa shape index (κ3) is 5.45. The van der Waals surface area contributed by atoms with Gasteiger partial charge in [-0.25, -0.2) is 4.79 Å². The summed E-state index contributed by atoms with van der Waals surface area (Å²) in [4.78, 5) is 22.9. The molecule has 3 amide bonds. The van der Waals surface area contributed by atoms with Gasteiger partial charge in [0.15, 0.2) is 11.5 Å². The molecule has 0 aromatic heterocycles. The zero-order chi connectivity index (χ0) is 23.1. The maximum absolute atomic E-state index is 12.0. The monoisotopic (exact) mass is 493 g/mol. The number of nitrogens with one attached hydrogen (secondary N) is 1. The van der Waals surface area contributed by atoms with Crippen LogP contribution in [0, 0.1) is 11.3 Å². The third-order valence-corrected chi connectivity index (χ3v) is 5.21. The lowest BCUT2D eigenvalue weighted by Gasteiger charge is -2.15. The standard InChI is InChI=1S/C24H20BrN3O4/c1-2-31-21-11-17(10-18(13-26)23(29)28-24(27)30)20(25)12-22(21)32-14-16-8-5-7-15-6-3-4-9-19(15)16/h3-12H,2,14H2,1H3,(H3,27,28,29,30)/b18-10-. The number of nitrogens with two attached hydrogens (primary N) is 1. The second kappa shape index (κ2) is 10.5. The zero-order valence-electron chi connectivity index (χ0n) is 17.2. The number of carbonyl (C=O) groups is 2. The maximum atomic E-state index is 12.0. The number of imide groups is 1. The second-order valence-corrected chi connectivity index (χ2v) is 7.52. The molecule has 0 radical (unpaired) electrons. The Balaban J connectivity index is 1.91. The average Bonchev–Trinajstić information content (AvgIpc) is 2.77. The highest BCUT2D eigenvalue weighted by atomic mass is 79.9. The minimum atomic E-state index is -1.04. The molecule has 0 atom stereocenters. The van der Waals surface area contributed by atoms with Crippen LogP contribution in [0.2, 0.25) is 0 Å². The molecule has 32 heavy (non-hydrogen) atoms. The molecule has 0 fully saturated rings. The average molecular weight is 494 g/mol. The summed E-state index contributed by atoms with van der Waals surface area (Å²) in [6.07, 6.45) is 1.33. The SMILES string of the molecule is CCOc1cc(/C=C(/C#N)C(=O)NC(N)=O)c(Br)cc1OCc1cccc2ccccc12. The fourth-order valence-corrected chi connectivity index (χ4v) is 3.54. The molecule has 0 saturated heterocycles. The molecule has 0 aliphatic heterocycles. The number of halogens is 1. The minimum Gasteiger partial charge on any atom is -0.490 e. The lowest BCUT2D eigenvalue weighted by atomic mass is 10.1. The number of nitrogens with zero attached hydrogens (tertiary/aromatic N) is 1. The Morgan fingerprint density at radius 3 is 2.56 bits per heavy atom. The van der Waals surface area contributed by atoms with E-state index in [9.17, 15) is 14.9 Å². The van der Waals surface area contributed by atoms with Crippen molar-refractivity contribution >= 4 is 44.7 Å². The van der Waals surface area contributed by atoms with Crippen molar-refractivity contribution in [3.05, 3.63) is 75.8 Å². The largest absolute Gasteiger partial charge is 0.490 e. The van der Waals surface area contributed by atoms with E-state index in [1.165, 1.54) is 6.08 Å². The number of carbonyl (C=O) groups excluding carboxylic acids is 2. The number of rotatable bonds is 7. The van der Waals surface area contributed by atoms with Crippen LogP contribution in [0.15, 0.2) is 64.6 Å². The van der Waals surface area contributed by atoms with Crippen molar-refractivity contribution < 1.29 is 19.1 Å². The summed E-state index contributed by atoms with van der Waals surface area (Å²) in [7, 11) is 0. The van der Waals surface area contributed by atoms with Crippen LogP contribution in [0.25, 0.3) is 16.8 Å². The van der Waals surface area contributed by atoms with Crippen LogP contribution in [0.4, 0.5) is 4.79 Å². The van der Waals surface area contributed by atoms with E-state index in [-0.39, 0.29) is 5.57 Å². The van der Waals surface area contributed by atoms with Crippen molar-refractivity contribution in [1.82, 2.24) is 5.32 Å². The smallest absolute Gasteiger partial charge is 0.319 e. The van der Waals surface area contributed by atoms with Crippen molar-refractivity contribution in [1.29, 1.82) is 5.26 Å². The first kappa shape index (κ1) is 22.8. The van der Waals surface area contributed by atoms with Gasteiger partial charge in [0, 0.05) is 4.47 Å². The van der Waals surface area contributed by atoms with Crippen molar-refractivity contribution in [3.8, 4) is 17.6 Å². The zero-order valence-corrected chi connectivity index (χ0v) is 18.8. The van der Waals surface area contributed by atoms with Crippen molar-refractivity contribution in [3.63, 3.8) is 0 Å². The van der Waals surface area contributed by atoms with Crippen LogP contribution in [-0.4, -0.2) is 18.5 Å². The molecule has 162 valence electrons. The van der Waals surface area contributed by atoms with Gasteiger partial charge in [0.25, 0.3) is 5.91 Å². The fraction of sp³-hybridized carbons (Fsp3) is 0.125. The topological polar surface area (TPSA) is 114 Å². The Labute approximate surface area is 193 Å². The number of fused-ring (bicyclic) bond motifs is 1. The number of hydrogen-bond acceptors (Lipinski definition) is 5. The van der Waals surface area contributed by atoms with Crippen LogP contribution in [-0.2, 0) is 11.4 Å². The van der Waals surface area contributed by atoms with Crippen molar-refractivity contribution in [2.45, 2.75) is 13.5 Å². The van der Waals surface area contributed by atoms with Crippen LogP contribution < -0.4 is 20.5 Å². The number of amides is 3. The quantitative estimate of drug-likeness (QED) is 0.366. The maximum Gasteiger partial charge on any atom is 0.319 e. The van der Waals surface area contributed by atoms with E-state index in [1.807, 2.05) is 54.7 Å². The molecule has 3 aromatic rings. The van der Waals surface area contributed by atoms with Gasteiger partial charge in [-0.2, -0.15) is 5.26 Å². The van der Waals surface area contributed by atoms with E-state index in [0.717, 1.165) is 16.3 Å². The van der Waals surface area contributed by atoms with Crippen molar-refractivity contribution in [2.24, 2.45) is 5.73 Å². The molecule has 0 aliphatic carbocycles. The Bertz CT molecular complexity index is 1240. The summed E-state index contributed by atoms with van der Waals surface area (Å²) in [6.45, 7) is 2.56. The van der Waals surface area contributed by atoms with Gasteiger partial charge >= 0.3 is 6.03 Å². The predicted molar refractivity (Wildman–Crippen MR) is 125 cm³/mol. The molecule has 3 aromatic carbocycles. The van der Waals surface area contributed by atoms with Crippen LogP contribution in [0.3, 0.4) is 0 Å². The predicted octanol–water partition coefficient (Wildman–Crippen LogP) is 4.68. The number of primary amides is 1. The first-order chi connectivity index (χ1) is 15.4. The Kier molecular flexibility index (Phi) is 7.47. The van der Waals surface area contributed by atoms with Gasteiger partial charge in [0.1, 0.15) is 18.2 Å². The Morgan fingerprint density at radius 1 is 1.12 bits per heavy atom. The summed E-state index contributed by atoms with van der Waals surface area (Å²) in [5.74, 6) is 0.0693. The molecule has 3 N–H and O–H groups in total. The number of hydrogen-bond donors (Lipinski definition) is 2. The molecule has 0 aliphatic rings. The van der Waals surface area contributed by atoms with Gasteiger partial charge in [0.2, 0.25) is 0 Å². The highest BCUT2D eigenvalue weighted by Crippen LogP contribution is 2.36. The summed E-state index contributed by atoms with van der Waals surface area (Å²) >= 11 is 3.44. The summed E-state index contributed by atoms with van der Waals surface area (Å²) < 4.78 is 12.4. The molecule has 0 heterocycles. The van der Waals surface area contributed by atoms with E-state index < -0.39 is 11.9 Å². The molecule has 0 unspecified atom stereocenters. The minimum absolute atomic E-state index is 0.281. The molecular weight excluding hydrogens is 474 g/mol. The van der Waals surface area contributed by atoms with Crippen LogP contribution in [0.1, 0.15) is 18.1 Å². The van der Waals surface area contributed by atoms with Gasteiger partial charge in [-0.1, -0.05) is 58.4 Å². The lowest BCUT2D eigenvalue weighted by Crippen LogP contribution is -2.35. The highest BCUT2D eigenvalue weighted by Gasteiger charge is 2.15. The van der Waals surface area contributed by atoms with Gasteiger partial charge in [-0.3, -0.25) is 10.1 Å². The van der Waals surface area contributed by atoms with Gasteiger partial charge in [0.05, 0.1) is 6.61 Å². The fourth-order valence-electron chi connectivity index (χ4n) is 3.10. The van der Waals surface area contributed by atoms with E-state index >= 15 is 0 Å². The first-order valence-corrected chi connectivity index (χ1v) is 10.5. The number of ether oxygens (including phenoxy) is 2. The molecule has 7 nitrogen and oxygen atoms in total. The van der Waals surface area contributed by atoms with Gasteiger partial charge in [-0.05, 0) is 47.0 Å². The third-order valence-electron chi connectivity index (χ3n) is 4.53. The van der Waals surface area contributed by atoms with E-state index in [2.05, 4.69) is 15.9 Å². The van der Waals surface area contributed by atoms with E-state index in [4.69, 9.17) is 15.2 Å². The van der Waals surface area contributed by atoms with E-state index in [0.29, 0.717) is 34.7 Å². The summed E-state index contributed by atoms with van der Waals surface area (Å²) in [6, 6.07) is 18.2. The highest BCUT2D eigenvalue weighted by molar-refractivity contribution is 9.10. The van der Waals surface area contributed by atoms with Gasteiger partial charge < -0.3 is 15.2 Å². The van der Waals surface area contributed by atoms with Gasteiger partial charge in [-0.15, -0.1) is 0 Å².